The van der Waals surface area contributed by atoms with Gasteiger partial charge < -0.3 is 4.90 Å². The minimum absolute atomic E-state index is 0.176. The van der Waals surface area contributed by atoms with Gasteiger partial charge in [0.1, 0.15) is 5.69 Å². The van der Waals surface area contributed by atoms with Gasteiger partial charge in [-0.05, 0) is 35.9 Å². The van der Waals surface area contributed by atoms with Crippen LogP contribution in [0.3, 0.4) is 0 Å². The van der Waals surface area contributed by atoms with E-state index in [9.17, 15) is 9.59 Å². The standard InChI is InChI=1S/C21H18N2O2/c1-3-12-23(13-4-2)16-9-7-15(8-10-16)18-14-19(24)20-17(21(18)25)6-5-11-22-20/h3-11,14H,1-2,12-13H2. The lowest BCUT2D eigenvalue weighted by Gasteiger charge is -2.22. The van der Waals surface area contributed by atoms with Gasteiger partial charge in [-0.1, -0.05) is 24.3 Å². The van der Waals surface area contributed by atoms with Crippen LogP contribution in [0.5, 0.6) is 0 Å². The van der Waals surface area contributed by atoms with Crippen LogP contribution in [0.2, 0.25) is 0 Å². The molecule has 3 rings (SSSR count). The van der Waals surface area contributed by atoms with E-state index in [-0.39, 0.29) is 17.3 Å². The molecule has 1 heterocycles. The number of benzene rings is 1. The van der Waals surface area contributed by atoms with Crippen molar-refractivity contribution in [3.05, 3.63) is 90.8 Å². The number of hydrogen-bond donors (Lipinski definition) is 0. The number of carbonyl (C=O) groups excluding carboxylic acids is 2. The van der Waals surface area contributed by atoms with Crippen molar-refractivity contribution in [2.45, 2.75) is 0 Å². The highest BCUT2D eigenvalue weighted by Gasteiger charge is 2.27. The van der Waals surface area contributed by atoms with Crippen LogP contribution < -0.4 is 4.90 Å². The molecule has 0 N–H and O–H groups in total. The number of ketones is 2. The third-order valence-electron chi connectivity index (χ3n) is 4.05. The first-order valence-electron chi connectivity index (χ1n) is 7.98. The Kier molecular flexibility index (Phi) is 4.70. The predicted molar refractivity (Wildman–Crippen MR) is 99.9 cm³/mol. The van der Waals surface area contributed by atoms with Gasteiger partial charge in [-0.25, -0.2) is 0 Å². The fraction of sp³-hybridized carbons (Fsp3) is 0.0952. The maximum Gasteiger partial charge on any atom is 0.205 e. The van der Waals surface area contributed by atoms with Gasteiger partial charge >= 0.3 is 0 Å². The number of anilines is 1. The van der Waals surface area contributed by atoms with Crippen molar-refractivity contribution in [1.29, 1.82) is 0 Å². The summed E-state index contributed by atoms with van der Waals surface area (Å²) in [5.74, 6) is -0.418. The van der Waals surface area contributed by atoms with Crippen LogP contribution >= 0.6 is 0 Å². The number of aromatic nitrogens is 1. The molecule has 1 aromatic carbocycles. The first-order chi connectivity index (χ1) is 12.2. The summed E-state index contributed by atoms with van der Waals surface area (Å²) in [5, 5.41) is 0. The SMILES string of the molecule is C=CCN(CC=C)c1ccc(C2=CC(=O)c3ncccc3C2=O)cc1. The number of carbonyl (C=O) groups is 2. The van der Waals surface area contributed by atoms with E-state index in [1.165, 1.54) is 12.3 Å². The highest BCUT2D eigenvalue weighted by atomic mass is 16.1. The van der Waals surface area contributed by atoms with Crippen LogP contribution in [0.1, 0.15) is 26.4 Å². The van der Waals surface area contributed by atoms with Crippen molar-refractivity contribution in [3.63, 3.8) is 0 Å². The number of Topliss-reactive ketones (excluding diaryl/α,β-unsaturated/α-hetero) is 1. The molecule has 25 heavy (non-hydrogen) atoms. The Morgan fingerprint density at radius 2 is 1.68 bits per heavy atom. The highest BCUT2D eigenvalue weighted by Crippen LogP contribution is 2.28. The molecule has 0 atom stereocenters. The summed E-state index contributed by atoms with van der Waals surface area (Å²) in [5.41, 5.74) is 2.69. The van der Waals surface area contributed by atoms with Crippen molar-refractivity contribution >= 4 is 22.8 Å². The number of fused-ring (bicyclic) bond motifs is 1. The van der Waals surface area contributed by atoms with Gasteiger partial charge in [-0.15, -0.1) is 13.2 Å². The molecule has 2 aromatic rings. The second kappa shape index (κ2) is 7.09. The quantitative estimate of drug-likeness (QED) is 0.758. The molecular weight excluding hydrogens is 312 g/mol. The molecule has 0 bridgehead atoms. The second-order valence-corrected chi connectivity index (χ2v) is 5.68. The minimum Gasteiger partial charge on any atom is -0.364 e. The van der Waals surface area contributed by atoms with E-state index in [0.717, 1.165) is 5.69 Å². The summed E-state index contributed by atoms with van der Waals surface area (Å²) in [6.07, 6.45) is 6.55. The van der Waals surface area contributed by atoms with Crippen LogP contribution in [0.15, 0.2) is 74.0 Å². The van der Waals surface area contributed by atoms with Crippen LogP contribution in [-0.4, -0.2) is 29.6 Å². The monoisotopic (exact) mass is 330 g/mol. The van der Waals surface area contributed by atoms with Crippen molar-refractivity contribution in [2.24, 2.45) is 0 Å². The summed E-state index contributed by atoms with van der Waals surface area (Å²) in [4.78, 5) is 31.0. The molecule has 0 radical (unpaired) electrons. The van der Waals surface area contributed by atoms with Gasteiger partial charge in [0.2, 0.25) is 5.78 Å². The Bertz CT molecular complexity index is 869. The number of pyridine rings is 1. The molecule has 4 heteroatoms. The van der Waals surface area contributed by atoms with E-state index in [2.05, 4.69) is 23.0 Å². The zero-order chi connectivity index (χ0) is 17.8. The third kappa shape index (κ3) is 3.19. The highest BCUT2D eigenvalue weighted by molar-refractivity contribution is 6.38. The van der Waals surface area contributed by atoms with Crippen molar-refractivity contribution in [2.75, 3.05) is 18.0 Å². The lowest BCUT2D eigenvalue weighted by atomic mass is 9.89. The predicted octanol–water partition coefficient (Wildman–Crippen LogP) is 3.72. The topological polar surface area (TPSA) is 50.3 Å². The molecule has 0 saturated carbocycles. The minimum atomic E-state index is -0.241. The summed E-state index contributed by atoms with van der Waals surface area (Å²) in [6, 6.07) is 10.9. The zero-order valence-electron chi connectivity index (χ0n) is 13.8. The number of nitrogens with zero attached hydrogens (tertiary/aromatic N) is 2. The molecule has 0 amide bonds. The molecule has 0 spiro atoms. The second-order valence-electron chi connectivity index (χ2n) is 5.68. The van der Waals surface area contributed by atoms with Crippen LogP contribution in [0.25, 0.3) is 5.57 Å². The fourth-order valence-electron chi connectivity index (χ4n) is 2.86. The molecule has 1 aromatic heterocycles. The normalized spacial score (nSPS) is 13.0. The Hall–Kier alpha value is -3.27. The van der Waals surface area contributed by atoms with Gasteiger partial charge in [0.05, 0.1) is 5.56 Å². The van der Waals surface area contributed by atoms with Crippen LogP contribution in [0, 0.1) is 0 Å². The maximum absolute atomic E-state index is 12.7. The molecular formula is C21H18N2O2. The van der Waals surface area contributed by atoms with Gasteiger partial charge in [-0.3, -0.25) is 14.6 Å². The van der Waals surface area contributed by atoms with Crippen LogP contribution in [0.4, 0.5) is 5.69 Å². The summed E-state index contributed by atoms with van der Waals surface area (Å²) < 4.78 is 0. The lowest BCUT2D eigenvalue weighted by Crippen LogP contribution is -2.23. The molecule has 4 nitrogen and oxygen atoms in total. The van der Waals surface area contributed by atoms with E-state index in [1.807, 2.05) is 36.4 Å². The Labute approximate surface area is 146 Å². The van der Waals surface area contributed by atoms with Gasteiger partial charge in [0.15, 0.2) is 5.78 Å². The number of hydrogen-bond acceptors (Lipinski definition) is 4. The van der Waals surface area contributed by atoms with E-state index < -0.39 is 0 Å². The van der Waals surface area contributed by atoms with Gasteiger partial charge in [0.25, 0.3) is 0 Å². The average molecular weight is 330 g/mol. The third-order valence-corrected chi connectivity index (χ3v) is 4.05. The van der Waals surface area contributed by atoms with E-state index >= 15 is 0 Å². The Balaban J connectivity index is 1.93. The van der Waals surface area contributed by atoms with Gasteiger partial charge in [0, 0.05) is 30.5 Å². The Morgan fingerprint density at radius 1 is 1.00 bits per heavy atom. The molecule has 0 aliphatic heterocycles. The van der Waals surface area contributed by atoms with E-state index in [1.54, 1.807) is 12.1 Å². The fourth-order valence-corrected chi connectivity index (χ4v) is 2.86. The number of rotatable bonds is 6. The van der Waals surface area contributed by atoms with E-state index in [0.29, 0.717) is 29.8 Å². The van der Waals surface area contributed by atoms with Crippen molar-refractivity contribution in [1.82, 2.24) is 4.98 Å². The molecule has 124 valence electrons. The van der Waals surface area contributed by atoms with Crippen LogP contribution in [-0.2, 0) is 0 Å². The molecule has 1 aliphatic carbocycles. The largest absolute Gasteiger partial charge is 0.364 e. The molecule has 0 fully saturated rings. The van der Waals surface area contributed by atoms with Gasteiger partial charge in [-0.2, -0.15) is 0 Å². The lowest BCUT2D eigenvalue weighted by molar-refractivity contribution is 0.0997. The average Bonchev–Trinajstić information content (AvgIpc) is 2.65. The van der Waals surface area contributed by atoms with E-state index in [4.69, 9.17) is 0 Å². The van der Waals surface area contributed by atoms with Crippen molar-refractivity contribution < 1.29 is 9.59 Å². The summed E-state index contributed by atoms with van der Waals surface area (Å²) in [6.45, 7) is 8.93. The molecule has 1 aliphatic rings. The maximum atomic E-state index is 12.7. The number of allylic oxidation sites excluding steroid dienone is 2. The first-order valence-corrected chi connectivity index (χ1v) is 7.98. The molecule has 0 unspecified atom stereocenters. The first kappa shape index (κ1) is 16.6. The summed E-state index contributed by atoms with van der Waals surface area (Å²) >= 11 is 0. The molecule has 0 saturated heterocycles. The Morgan fingerprint density at radius 3 is 2.32 bits per heavy atom. The zero-order valence-corrected chi connectivity index (χ0v) is 13.8. The van der Waals surface area contributed by atoms with Crippen molar-refractivity contribution in [3.8, 4) is 0 Å². The summed E-state index contributed by atoms with van der Waals surface area (Å²) in [7, 11) is 0. The smallest absolute Gasteiger partial charge is 0.205 e.